The first-order chi connectivity index (χ1) is 13.3. The fourth-order valence-corrected chi connectivity index (χ4v) is 8.83. The zero-order valence-electron chi connectivity index (χ0n) is 17.6. The maximum absolute atomic E-state index is 12.8. The maximum Gasteiger partial charge on any atom is 0.346 e. The maximum atomic E-state index is 12.8. The topological polar surface area (TPSA) is 159 Å². The van der Waals surface area contributed by atoms with Gasteiger partial charge in [0.1, 0.15) is 17.2 Å². The highest BCUT2D eigenvalue weighted by molar-refractivity contribution is 7.72. The van der Waals surface area contributed by atoms with E-state index in [4.69, 9.17) is 0 Å². The molecule has 29 heavy (non-hydrogen) atoms. The first kappa shape index (κ1) is 24.1. The Morgan fingerprint density at radius 3 is 1.76 bits per heavy atom. The van der Waals surface area contributed by atoms with Crippen molar-refractivity contribution in [2.24, 2.45) is 0 Å². The van der Waals surface area contributed by atoms with Crippen molar-refractivity contribution >= 4 is 26.4 Å². The number of rotatable bonds is 8. The van der Waals surface area contributed by atoms with Crippen molar-refractivity contribution in [2.45, 2.75) is 77.7 Å². The molecule has 0 atom stereocenters. The van der Waals surface area contributed by atoms with E-state index in [1.54, 1.807) is 32.3 Å². The SMILES string of the molecule is CCc1nc2c(C)nc(C)nc2n1C(CC)(CC)C(CC)(P(=O)(O)O)P(=O)(O)O. The van der Waals surface area contributed by atoms with Crippen LogP contribution in [0.5, 0.6) is 0 Å². The van der Waals surface area contributed by atoms with Crippen molar-refractivity contribution in [1.82, 2.24) is 19.5 Å². The molecule has 0 aliphatic carbocycles. The number of fused-ring (bicyclic) bond motifs is 1. The first-order valence-electron chi connectivity index (χ1n) is 9.62. The largest absolute Gasteiger partial charge is 0.346 e. The van der Waals surface area contributed by atoms with Gasteiger partial charge in [0.15, 0.2) is 10.5 Å². The summed E-state index contributed by atoms with van der Waals surface area (Å²) < 4.78 is 27.2. The summed E-state index contributed by atoms with van der Waals surface area (Å²) in [6, 6.07) is 0. The smallest absolute Gasteiger partial charge is 0.324 e. The Morgan fingerprint density at radius 1 is 0.862 bits per heavy atom. The van der Waals surface area contributed by atoms with Crippen molar-refractivity contribution in [2.75, 3.05) is 0 Å². The second kappa shape index (κ2) is 7.84. The molecule has 164 valence electrons. The van der Waals surface area contributed by atoms with E-state index in [0.29, 0.717) is 34.9 Å². The van der Waals surface area contributed by atoms with Gasteiger partial charge in [-0.05, 0) is 33.1 Å². The number of hydrogen-bond acceptors (Lipinski definition) is 5. The normalized spacial score (nSPS) is 14.0. The predicted octanol–water partition coefficient (Wildman–Crippen LogP) is 2.98. The van der Waals surface area contributed by atoms with E-state index in [2.05, 4.69) is 15.0 Å². The van der Waals surface area contributed by atoms with Crippen molar-refractivity contribution in [3.05, 3.63) is 17.3 Å². The van der Waals surface area contributed by atoms with Crippen molar-refractivity contribution in [1.29, 1.82) is 0 Å². The lowest BCUT2D eigenvalue weighted by Crippen LogP contribution is -2.54. The Morgan fingerprint density at radius 2 is 1.38 bits per heavy atom. The fourth-order valence-electron chi connectivity index (χ4n) is 4.73. The van der Waals surface area contributed by atoms with Crippen molar-refractivity contribution < 1.29 is 28.7 Å². The molecule has 12 heteroatoms. The molecule has 0 aromatic carbocycles. The number of hydrogen-bond donors (Lipinski definition) is 4. The van der Waals surface area contributed by atoms with Crippen LogP contribution in [0.1, 0.15) is 64.3 Å². The molecular formula is C17H30N4O6P2. The third kappa shape index (κ3) is 3.30. The van der Waals surface area contributed by atoms with E-state index in [1.165, 1.54) is 6.92 Å². The van der Waals surface area contributed by atoms with Crippen LogP contribution < -0.4 is 0 Å². The van der Waals surface area contributed by atoms with Crippen LogP contribution in [0.3, 0.4) is 0 Å². The molecule has 2 rings (SSSR count). The highest BCUT2D eigenvalue weighted by Crippen LogP contribution is 2.77. The highest BCUT2D eigenvalue weighted by Gasteiger charge is 2.70. The lowest BCUT2D eigenvalue weighted by molar-refractivity contribution is 0.162. The number of aryl methyl sites for hydroxylation is 3. The summed E-state index contributed by atoms with van der Waals surface area (Å²) in [6.45, 7) is 10.0. The summed E-state index contributed by atoms with van der Waals surface area (Å²) in [7, 11) is -10.6. The van der Waals surface area contributed by atoms with E-state index in [9.17, 15) is 28.7 Å². The van der Waals surface area contributed by atoms with Crippen LogP contribution in [0.25, 0.3) is 11.2 Å². The summed E-state index contributed by atoms with van der Waals surface area (Å²) in [5.41, 5.74) is -0.236. The average Bonchev–Trinajstić information content (AvgIpc) is 2.96. The second-order valence-corrected chi connectivity index (χ2v) is 11.3. The lowest BCUT2D eigenvalue weighted by atomic mass is 9.85. The Hall–Kier alpha value is -1.15. The van der Waals surface area contributed by atoms with Gasteiger partial charge < -0.3 is 24.1 Å². The van der Waals surface area contributed by atoms with Crippen LogP contribution in [-0.2, 0) is 21.1 Å². The van der Waals surface area contributed by atoms with Gasteiger partial charge in [0.25, 0.3) is 0 Å². The van der Waals surface area contributed by atoms with Crippen LogP contribution in [0.2, 0.25) is 0 Å². The molecular weight excluding hydrogens is 418 g/mol. The van der Waals surface area contributed by atoms with Gasteiger partial charge in [-0.25, -0.2) is 15.0 Å². The van der Waals surface area contributed by atoms with Gasteiger partial charge in [0, 0.05) is 6.42 Å². The standard InChI is InChI=1S/C17H30N4O6P2/c1-7-13-20-14-11(5)18-12(6)19-15(14)21(13)16(8-2,9-3)17(10-4,28(22,23)24)29(25,26)27/h7-10H2,1-6H3,(H2,22,23,24)(H2,25,26,27). The van der Waals surface area contributed by atoms with Gasteiger partial charge in [0.05, 0.1) is 11.2 Å². The molecule has 0 amide bonds. The molecule has 0 unspecified atom stereocenters. The van der Waals surface area contributed by atoms with Crippen LogP contribution >= 0.6 is 15.2 Å². The molecule has 0 saturated heterocycles. The number of aromatic nitrogens is 4. The molecule has 2 aromatic rings. The predicted molar refractivity (Wildman–Crippen MR) is 110 cm³/mol. The Kier molecular flexibility index (Phi) is 6.52. The molecule has 2 heterocycles. The molecule has 0 bridgehead atoms. The van der Waals surface area contributed by atoms with Crippen LogP contribution in [-0.4, -0.2) is 44.0 Å². The molecule has 0 spiro atoms. The number of imidazole rings is 1. The average molecular weight is 448 g/mol. The molecule has 4 N–H and O–H groups in total. The molecule has 0 aliphatic rings. The number of nitrogens with zero attached hydrogens (tertiary/aromatic N) is 4. The molecule has 2 aromatic heterocycles. The lowest BCUT2D eigenvalue weighted by Gasteiger charge is -2.50. The summed E-state index contributed by atoms with van der Waals surface area (Å²) in [4.78, 5) is 52.2. The van der Waals surface area contributed by atoms with E-state index < -0.39 is 32.0 Å². The van der Waals surface area contributed by atoms with E-state index >= 15 is 0 Å². The zero-order chi connectivity index (χ0) is 22.4. The van der Waals surface area contributed by atoms with Crippen LogP contribution in [0.15, 0.2) is 0 Å². The van der Waals surface area contributed by atoms with Gasteiger partial charge in [-0.2, -0.15) is 0 Å². The summed E-state index contributed by atoms with van der Waals surface area (Å²) in [5, 5.41) is 0. The van der Waals surface area contributed by atoms with E-state index in [0.717, 1.165) is 0 Å². The minimum absolute atomic E-state index is 0.0636. The Balaban J connectivity index is 3.19. The zero-order valence-corrected chi connectivity index (χ0v) is 19.4. The molecule has 0 fully saturated rings. The summed E-state index contributed by atoms with van der Waals surface area (Å²) in [5.74, 6) is 0.890. The minimum Gasteiger partial charge on any atom is -0.324 e. The van der Waals surface area contributed by atoms with Crippen molar-refractivity contribution in [3.8, 4) is 0 Å². The van der Waals surface area contributed by atoms with Gasteiger partial charge in [-0.1, -0.05) is 27.7 Å². The molecule has 0 aliphatic heterocycles. The fraction of sp³-hybridized carbons (Fsp3) is 0.706. The minimum atomic E-state index is -5.31. The van der Waals surface area contributed by atoms with Gasteiger partial charge in [-0.3, -0.25) is 9.13 Å². The van der Waals surface area contributed by atoms with E-state index in [-0.39, 0.29) is 12.8 Å². The Bertz CT molecular complexity index is 983. The quantitative estimate of drug-likeness (QED) is 0.445. The summed E-state index contributed by atoms with van der Waals surface area (Å²) >= 11 is 0. The van der Waals surface area contributed by atoms with Gasteiger partial charge in [-0.15, -0.1) is 0 Å². The van der Waals surface area contributed by atoms with E-state index in [1.807, 2.05) is 6.92 Å². The molecule has 10 nitrogen and oxygen atoms in total. The first-order valence-corrected chi connectivity index (χ1v) is 12.8. The third-order valence-corrected chi connectivity index (χ3v) is 10.9. The third-order valence-electron chi connectivity index (χ3n) is 5.98. The van der Waals surface area contributed by atoms with Crippen molar-refractivity contribution in [3.63, 3.8) is 0 Å². The monoisotopic (exact) mass is 448 g/mol. The van der Waals surface area contributed by atoms with Crippen LogP contribution in [0, 0.1) is 13.8 Å². The highest BCUT2D eigenvalue weighted by atomic mass is 31.2. The molecule has 0 radical (unpaired) electrons. The van der Waals surface area contributed by atoms with Crippen LogP contribution in [0.4, 0.5) is 0 Å². The van der Waals surface area contributed by atoms with Gasteiger partial charge >= 0.3 is 15.2 Å². The second-order valence-electron chi connectivity index (χ2n) is 7.24. The Labute approximate surface area is 170 Å². The molecule has 0 saturated carbocycles. The summed E-state index contributed by atoms with van der Waals surface area (Å²) in [6.07, 6.45) is 0.0933. The van der Waals surface area contributed by atoms with Gasteiger partial charge in [0.2, 0.25) is 0 Å².